The fourth-order valence-electron chi connectivity index (χ4n) is 3.82. The summed E-state index contributed by atoms with van der Waals surface area (Å²) >= 11 is 1.53. The highest BCUT2D eigenvalue weighted by Gasteiger charge is 2.30. The normalized spacial score (nSPS) is 11.3. The molecule has 1 aromatic heterocycles. The van der Waals surface area contributed by atoms with Crippen LogP contribution >= 0.6 is 11.3 Å². The number of hydrogen-bond acceptors (Lipinski definition) is 5. The molecule has 0 atom stereocenters. The molecule has 0 radical (unpaired) electrons. The quantitative estimate of drug-likeness (QED) is 0.335. The number of carbonyl (C=O) groups is 1. The summed E-state index contributed by atoms with van der Waals surface area (Å²) in [5.74, 6) is 0.361. The van der Waals surface area contributed by atoms with Crippen LogP contribution in [-0.2, 0) is 4.79 Å². The van der Waals surface area contributed by atoms with Crippen molar-refractivity contribution in [1.82, 2.24) is 9.88 Å². The molecule has 0 bridgehead atoms. The van der Waals surface area contributed by atoms with Gasteiger partial charge in [0.1, 0.15) is 11.3 Å². The predicted octanol–water partition coefficient (Wildman–Crippen LogP) is 5.42. The Kier molecular flexibility index (Phi) is 7.37. The number of thiazole rings is 1. The Hall–Kier alpha value is -3.22. The third-order valence-corrected chi connectivity index (χ3v) is 6.49. The molecule has 0 aliphatic rings. The summed E-state index contributed by atoms with van der Waals surface area (Å²) < 4.78 is 6.80. The van der Waals surface area contributed by atoms with E-state index in [1.807, 2.05) is 105 Å². The molecule has 170 valence electrons. The van der Waals surface area contributed by atoms with Gasteiger partial charge in [0.15, 0.2) is 5.13 Å². The molecule has 4 aromatic rings. The maximum atomic E-state index is 14.2. The minimum Gasteiger partial charge on any atom is -0.492 e. The van der Waals surface area contributed by atoms with Gasteiger partial charge in [-0.05, 0) is 44.3 Å². The van der Waals surface area contributed by atoms with Gasteiger partial charge in [-0.15, -0.1) is 0 Å². The van der Waals surface area contributed by atoms with E-state index in [-0.39, 0.29) is 5.91 Å². The third-order valence-electron chi connectivity index (χ3n) is 5.45. The first kappa shape index (κ1) is 23.0. The Labute approximate surface area is 199 Å². The summed E-state index contributed by atoms with van der Waals surface area (Å²) in [5.41, 5.74) is 2.75. The monoisotopic (exact) mass is 459 g/mol. The van der Waals surface area contributed by atoms with Gasteiger partial charge in [0.2, 0.25) is 5.91 Å². The molecule has 1 amide bonds. The van der Waals surface area contributed by atoms with Crippen LogP contribution in [0.15, 0.2) is 78.9 Å². The standard InChI is InChI=1S/C27H29N3O2S/c1-4-32-22-16-11-17-23-25(22)28-27(33-23)30(19-18-29(2)3)26(31)24(20-12-7-5-8-13-20)21-14-9-6-10-15-21/h5-17,24H,4,18-19H2,1-3H3. The lowest BCUT2D eigenvalue weighted by molar-refractivity contribution is -0.119. The van der Waals surface area contributed by atoms with Gasteiger partial charge in [0, 0.05) is 13.1 Å². The lowest BCUT2D eigenvalue weighted by Crippen LogP contribution is -2.40. The van der Waals surface area contributed by atoms with E-state index >= 15 is 0 Å². The SMILES string of the molecule is CCOc1cccc2sc(N(CCN(C)C)C(=O)C(c3ccccc3)c3ccccc3)nc12. The summed E-state index contributed by atoms with van der Waals surface area (Å²) in [6, 6.07) is 25.9. The summed E-state index contributed by atoms with van der Waals surface area (Å²) in [6.45, 7) is 3.81. The van der Waals surface area contributed by atoms with Crippen molar-refractivity contribution >= 4 is 32.6 Å². The van der Waals surface area contributed by atoms with Gasteiger partial charge >= 0.3 is 0 Å². The van der Waals surface area contributed by atoms with Gasteiger partial charge < -0.3 is 9.64 Å². The number of carbonyl (C=O) groups excluding carboxylic acids is 1. The zero-order valence-corrected chi connectivity index (χ0v) is 20.1. The van der Waals surface area contributed by atoms with Crippen LogP contribution in [0, 0.1) is 0 Å². The van der Waals surface area contributed by atoms with Gasteiger partial charge in [0.05, 0.1) is 17.2 Å². The molecule has 0 unspecified atom stereocenters. The van der Waals surface area contributed by atoms with Crippen molar-refractivity contribution < 1.29 is 9.53 Å². The molecule has 33 heavy (non-hydrogen) atoms. The molecule has 0 aliphatic heterocycles. The number of nitrogens with zero attached hydrogens (tertiary/aromatic N) is 3. The zero-order valence-electron chi connectivity index (χ0n) is 19.3. The summed E-state index contributed by atoms with van der Waals surface area (Å²) in [5, 5.41) is 0.695. The summed E-state index contributed by atoms with van der Waals surface area (Å²) in [6.07, 6.45) is 0. The van der Waals surface area contributed by atoms with E-state index in [4.69, 9.17) is 9.72 Å². The predicted molar refractivity (Wildman–Crippen MR) is 136 cm³/mol. The summed E-state index contributed by atoms with van der Waals surface area (Å²) in [4.78, 5) is 23.0. The second-order valence-corrected chi connectivity index (χ2v) is 9.09. The maximum Gasteiger partial charge on any atom is 0.240 e. The fraction of sp³-hybridized carbons (Fsp3) is 0.259. The third kappa shape index (κ3) is 5.24. The van der Waals surface area contributed by atoms with Crippen LogP contribution in [0.2, 0.25) is 0 Å². The molecule has 6 heteroatoms. The van der Waals surface area contributed by atoms with E-state index in [0.717, 1.165) is 33.6 Å². The van der Waals surface area contributed by atoms with Crippen molar-refractivity contribution in [2.45, 2.75) is 12.8 Å². The average molecular weight is 460 g/mol. The van der Waals surface area contributed by atoms with Gasteiger partial charge in [-0.1, -0.05) is 78.1 Å². The summed E-state index contributed by atoms with van der Waals surface area (Å²) in [7, 11) is 4.03. The van der Waals surface area contributed by atoms with Crippen molar-refractivity contribution in [2.24, 2.45) is 0 Å². The van der Waals surface area contributed by atoms with E-state index in [9.17, 15) is 4.79 Å². The van der Waals surface area contributed by atoms with Crippen LogP contribution in [0.3, 0.4) is 0 Å². The largest absolute Gasteiger partial charge is 0.492 e. The Morgan fingerprint density at radius 3 is 2.12 bits per heavy atom. The highest BCUT2D eigenvalue weighted by molar-refractivity contribution is 7.22. The molecular weight excluding hydrogens is 430 g/mol. The molecular formula is C27H29N3O2S. The molecule has 0 N–H and O–H groups in total. The second kappa shape index (κ2) is 10.6. The number of aromatic nitrogens is 1. The smallest absolute Gasteiger partial charge is 0.240 e. The number of amides is 1. The molecule has 4 rings (SSSR count). The molecule has 1 heterocycles. The number of likely N-dealkylation sites (N-methyl/N-ethyl adjacent to an activating group) is 1. The number of ether oxygens (including phenoxy) is 1. The van der Waals surface area contributed by atoms with Gasteiger partial charge in [-0.25, -0.2) is 4.98 Å². The van der Waals surface area contributed by atoms with Crippen LogP contribution in [0.25, 0.3) is 10.2 Å². The number of benzene rings is 3. The van der Waals surface area contributed by atoms with E-state index in [0.29, 0.717) is 18.3 Å². The van der Waals surface area contributed by atoms with E-state index < -0.39 is 5.92 Å². The van der Waals surface area contributed by atoms with E-state index in [1.54, 1.807) is 0 Å². The minimum absolute atomic E-state index is 0.0197. The highest BCUT2D eigenvalue weighted by Crippen LogP contribution is 2.36. The molecule has 0 spiro atoms. The Balaban J connectivity index is 1.79. The van der Waals surface area contributed by atoms with E-state index in [1.165, 1.54) is 11.3 Å². The first-order valence-electron chi connectivity index (χ1n) is 11.2. The highest BCUT2D eigenvalue weighted by atomic mass is 32.1. The zero-order chi connectivity index (χ0) is 23.2. The van der Waals surface area contributed by atoms with Crippen LogP contribution in [-0.4, -0.2) is 49.6 Å². The topological polar surface area (TPSA) is 45.7 Å². The van der Waals surface area contributed by atoms with Crippen molar-refractivity contribution in [1.29, 1.82) is 0 Å². The van der Waals surface area contributed by atoms with Crippen LogP contribution in [0.1, 0.15) is 24.0 Å². The first-order chi connectivity index (χ1) is 16.1. The Morgan fingerprint density at radius 2 is 1.55 bits per heavy atom. The first-order valence-corrected chi connectivity index (χ1v) is 12.0. The molecule has 3 aromatic carbocycles. The van der Waals surface area contributed by atoms with Crippen molar-refractivity contribution in [3.05, 3.63) is 90.0 Å². The van der Waals surface area contributed by atoms with E-state index in [2.05, 4.69) is 4.90 Å². The minimum atomic E-state index is -0.409. The van der Waals surface area contributed by atoms with Crippen LogP contribution in [0.4, 0.5) is 5.13 Å². The molecule has 0 fully saturated rings. The molecule has 0 saturated carbocycles. The Bertz CT molecular complexity index is 1150. The van der Waals surface area contributed by atoms with Crippen molar-refractivity contribution in [2.75, 3.05) is 38.7 Å². The van der Waals surface area contributed by atoms with Gasteiger partial charge in [-0.3, -0.25) is 9.69 Å². The van der Waals surface area contributed by atoms with Gasteiger partial charge in [0.25, 0.3) is 0 Å². The Morgan fingerprint density at radius 1 is 0.909 bits per heavy atom. The van der Waals surface area contributed by atoms with Crippen molar-refractivity contribution in [3.8, 4) is 5.75 Å². The number of hydrogen-bond donors (Lipinski definition) is 0. The molecule has 0 saturated heterocycles. The van der Waals surface area contributed by atoms with Crippen LogP contribution < -0.4 is 9.64 Å². The molecule has 0 aliphatic carbocycles. The second-order valence-electron chi connectivity index (χ2n) is 8.08. The number of rotatable bonds is 9. The van der Waals surface area contributed by atoms with Crippen LogP contribution in [0.5, 0.6) is 5.75 Å². The number of anilines is 1. The van der Waals surface area contributed by atoms with Gasteiger partial charge in [-0.2, -0.15) is 0 Å². The molecule has 5 nitrogen and oxygen atoms in total. The number of para-hydroxylation sites is 1. The lowest BCUT2D eigenvalue weighted by Gasteiger charge is -2.27. The van der Waals surface area contributed by atoms with Crippen molar-refractivity contribution in [3.63, 3.8) is 0 Å². The lowest BCUT2D eigenvalue weighted by atomic mass is 9.90. The average Bonchev–Trinajstić information content (AvgIpc) is 3.26. The number of fused-ring (bicyclic) bond motifs is 1. The maximum absolute atomic E-state index is 14.2. The fourth-order valence-corrected chi connectivity index (χ4v) is 4.84.